The number of carbonyl (C=O) groups excluding carboxylic acids is 1. The molecule has 0 spiro atoms. The van der Waals surface area contributed by atoms with E-state index in [9.17, 15) is 4.79 Å². The van der Waals surface area contributed by atoms with Gasteiger partial charge in [0.05, 0.1) is 19.2 Å². The van der Waals surface area contributed by atoms with Gasteiger partial charge in [0.1, 0.15) is 28.6 Å². The van der Waals surface area contributed by atoms with Crippen molar-refractivity contribution >= 4 is 29.0 Å². The van der Waals surface area contributed by atoms with Crippen molar-refractivity contribution < 1.29 is 19.0 Å². The lowest BCUT2D eigenvalue weighted by molar-refractivity contribution is 0.0990. The molecule has 1 aliphatic rings. The first-order chi connectivity index (χ1) is 10.5. The summed E-state index contributed by atoms with van der Waals surface area (Å²) in [7, 11) is 3.02. The molecule has 0 unspecified atom stereocenters. The summed E-state index contributed by atoms with van der Waals surface area (Å²) in [6, 6.07) is 6.53. The number of fused-ring (bicyclic) bond motifs is 2. The minimum atomic E-state index is -0.133. The molecule has 4 nitrogen and oxygen atoms in total. The van der Waals surface area contributed by atoms with E-state index in [2.05, 4.69) is 0 Å². The molecule has 0 saturated carbocycles. The molecule has 114 valence electrons. The van der Waals surface area contributed by atoms with Crippen LogP contribution in [0, 0.1) is 0 Å². The van der Waals surface area contributed by atoms with Gasteiger partial charge >= 0.3 is 0 Å². The summed E-state index contributed by atoms with van der Waals surface area (Å²) in [4.78, 5) is 12.6. The van der Waals surface area contributed by atoms with Crippen LogP contribution in [0.4, 0.5) is 0 Å². The molecule has 0 aromatic heterocycles. The molecule has 1 aliphatic heterocycles. The number of hydrogen-bond donors (Lipinski definition) is 0. The fourth-order valence-corrected chi connectivity index (χ4v) is 3.00. The number of hydrogen-bond acceptors (Lipinski definition) is 4. The minimum Gasteiger partial charge on any atom is -0.496 e. The third-order valence-corrected chi connectivity index (χ3v) is 3.92. The lowest BCUT2D eigenvalue weighted by Crippen LogP contribution is -2.05. The summed E-state index contributed by atoms with van der Waals surface area (Å²) < 4.78 is 16.4. The van der Waals surface area contributed by atoms with Crippen LogP contribution < -0.4 is 14.2 Å². The summed E-state index contributed by atoms with van der Waals surface area (Å²) >= 11 is 12.2. The van der Waals surface area contributed by atoms with Crippen LogP contribution in [0.5, 0.6) is 23.0 Å². The quantitative estimate of drug-likeness (QED) is 0.806. The van der Waals surface area contributed by atoms with Gasteiger partial charge in [0.15, 0.2) is 5.78 Å². The maximum Gasteiger partial charge on any atom is 0.174 e. The second-order valence-electron chi connectivity index (χ2n) is 4.78. The van der Waals surface area contributed by atoms with E-state index in [0.717, 1.165) is 0 Å². The summed E-state index contributed by atoms with van der Waals surface area (Å²) in [5.74, 6) is 1.57. The van der Waals surface area contributed by atoms with Crippen LogP contribution in [-0.4, -0.2) is 20.0 Å². The molecule has 0 aliphatic carbocycles. The normalized spacial score (nSPS) is 12.8. The summed E-state index contributed by atoms with van der Waals surface area (Å²) in [5, 5.41) is 0.806. The zero-order valence-electron chi connectivity index (χ0n) is 11.9. The Hall–Kier alpha value is -1.91. The molecule has 6 heteroatoms. The number of halogens is 2. The lowest BCUT2D eigenvalue weighted by atomic mass is 10.0. The Balaban J connectivity index is 2.23. The van der Waals surface area contributed by atoms with Crippen molar-refractivity contribution in [1.29, 1.82) is 0 Å². The molecule has 0 bridgehead atoms. The van der Waals surface area contributed by atoms with E-state index in [1.165, 1.54) is 14.2 Å². The van der Waals surface area contributed by atoms with Gasteiger partial charge in [-0.3, -0.25) is 4.79 Å². The number of rotatable bonds is 2. The predicted molar refractivity (Wildman–Crippen MR) is 84.1 cm³/mol. The molecule has 0 atom stereocenters. The predicted octanol–water partition coefficient (Wildman–Crippen LogP) is 4.54. The highest BCUT2D eigenvalue weighted by Gasteiger charge is 2.27. The molecule has 2 aromatic carbocycles. The summed E-state index contributed by atoms with van der Waals surface area (Å²) in [6.45, 7) is 0. The fraction of sp³-hybridized carbons (Fsp3) is 0.188. The van der Waals surface area contributed by atoms with Crippen molar-refractivity contribution in [3.63, 3.8) is 0 Å². The van der Waals surface area contributed by atoms with Crippen LogP contribution in [0.25, 0.3) is 0 Å². The van der Waals surface area contributed by atoms with Gasteiger partial charge in [-0.2, -0.15) is 0 Å². The van der Waals surface area contributed by atoms with E-state index in [-0.39, 0.29) is 12.2 Å². The van der Waals surface area contributed by atoms with Gasteiger partial charge in [-0.15, -0.1) is 0 Å². The number of benzene rings is 2. The monoisotopic (exact) mass is 338 g/mol. The first-order valence-electron chi connectivity index (χ1n) is 6.48. The zero-order chi connectivity index (χ0) is 15.9. The van der Waals surface area contributed by atoms with Gasteiger partial charge in [0, 0.05) is 29.1 Å². The Morgan fingerprint density at radius 1 is 1.09 bits per heavy atom. The van der Waals surface area contributed by atoms with Crippen molar-refractivity contribution in [3.05, 3.63) is 45.4 Å². The number of carbonyl (C=O) groups is 1. The van der Waals surface area contributed by atoms with Crippen LogP contribution in [-0.2, 0) is 6.42 Å². The van der Waals surface area contributed by atoms with Crippen LogP contribution in [0.2, 0.25) is 10.0 Å². The smallest absolute Gasteiger partial charge is 0.174 e. The Bertz CT molecular complexity index is 771. The molecule has 2 aromatic rings. The molecule has 1 heterocycles. The van der Waals surface area contributed by atoms with Gasteiger partial charge in [0.2, 0.25) is 0 Å². The van der Waals surface area contributed by atoms with Crippen molar-refractivity contribution in [1.82, 2.24) is 0 Å². The Morgan fingerprint density at radius 3 is 2.55 bits per heavy atom. The highest BCUT2D eigenvalue weighted by Crippen LogP contribution is 2.44. The number of Topliss-reactive ketones (excluding diaryl/α,β-unsaturated/α-hetero) is 1. The fourth-order valence-electron chi connectivity index (χ4n) is 2.43. The summed E-state index contributed by atoms with van der Waals surface area (Å²) in [5.41, 5.74) is 1.01. The number of methoxy groups -OCH3 is 2. The molecular weight excluding hydrogens is 327 g/mol. The van der Waals surface area contributed by atoms with Gasteiger partial charge < -0.3 is 14.2 Å². The average molecular weight is 339 g/mol. The van der Waals surface area contributed by atoms with Crippen molar-refractivity contribution in [2.75, 3.05) is 14.2 Å². The van der Waals surface area contributed by atoms with Gasteiger partial charge in [-0.05, 0) is 12.1 Å². The van der Waals surface area contributed by atoms with Crippen LogP contribution in [0.15, 0.2) is 24.3 Å². The Morgan fingerprint density at radius 2 is 1.86 bits per heavy atom. The van der Waals surface area contributed by atoms with E-state index in [4.69, 9.17) is 37.4 Å². The number of ether oxygens (including phenoxy) is 3. The van der Waals surface area contributed by atoms with Gasteiger partial charge in [0.25, 0.3) is 0 Å². The highest BCUT2D eigenvalue weighted by molar-refractivity contribution is 6.35. The maximum atomic E-state index is 12.6. The average Bonchev–Trinajstić information content (AvgIpc) is 2.62. The first kappa shape index (κ1) is 15.0. The summed E-state index contributed by atoms with van der Waals surface area (Å²) in [6.07, 6.45) is 0.130. The topological polar surface area (TPSA) is 44.8 Å². The zero-order valence-corrected chi connectivity index (χ0v) is 13.4. The maximum absolute atomic E-state index is 12.6. The minimum absolute atomic E-state index is 0.130. The Kier molecular flexibility index (Phi) is 3.89. The second-order valence-corrected chi connectivity index (χ2v) is 5.62. The lowest BCUT2D eigenvalue weighted by Gasteiger charge is -2.13. The van der Waals surface area contributed by atoms with Crippen LogP contribution >= 0.6 is 23.2 Å². The largest absolute Gasteiger partial charge is 0.496 e. The first-order valence-corrected chi connectivity index (χ1v) is 7.24. The molecule has 0 amide bonds. The number of ketones is 1. The molecule has 0 N–H and O–H groups in total. The molecule has 3 rings (SSSR count). The molecule has 0 saturated heterocycles. The van der Waals surface area contributed by atoms with Crippen molar-refractivity contribution in [3.8, 4) is 23.0 Å². The molecular formula is C16H12Cl2O4. The van der Waals surface area contributed by atoms with E-state index in [1.54, 1.807) is 24.3 Å². The third kappa shape index (κ3) is 2.49. The SMILES string of the molecule is COc1cc(OC)c2c(c1)Oc1c(Cl)cc(Cl)cc1CC2=O. The van der Waals surface area contributed by atoms with E-state index in [0.29, 0.717) is 44.2 Å². The van der Waals surface area contributed by atoms with E-state index >= 15 is 0 Å². The van der Waals surface area contributed by atoms with E-state index in [1.807, 2.05) is 0 Å². The second kappa shape index (κ2) is 5.71. The van der Waals surface area contributed by atoms with Crippen molar-refractivity contribution in [2.24, 2.45) is 0 Å². The molecule has 22 heavy (non-hydrogen) atoms. The molecule has 0 radical (unpaired) electrons. The third-order valence-electron chi connectivity index (χ3n) is 3.42. The van der Waals surface area contributed by atoms with Gasteiger partial charge in [-0.25, -0.2) is 0 Å². The Labute approximate surface area is 137 Å². The van der Waals surface area contributed by atoms with Crippen molar-refractivity contribution in [2.45, 2.75) is 6.42 Å². The standard InChI is InChI=1S/C16H12Cl2O4/c1-20-10-6-13(21-2)15-12(19)4-8-3-9(17)5-11(18)16(8)22-14(15)7-10/h3,5-7H,4H2,1-2H3. The van der Waals surface area contributed by atoms with E-state index < -0.39 is 0 Å². The van der Waals surface area contributed by atoms with Crippen LogP contribution in [0.1, 0.15) is 15.9 Å². The highest BCUT2D eigenvalue weighted by atomic mass is 35.5. The molecule has 0 fully saturated rings. The van der Waals surface area contributed by atoms with Crippen LogP contribution in [0.3, 0.4) is 0 Å². The van der Waals surface area contributed by atoms with Gasteiger partial charge in [-0.1, -0.05) is 23.2 Å².